The van der Waals surface area contributed by atoms with Crippen LogP contribution < -0.4 is 0 Å². The van der Waals surface area contributed by atoms with Gasteiger partial charge in [0.15, 0.2) is 0 Å². The van der Waals surface area contributed by atoms with Crippen LogP contribution in [0.5, 0.6) is 0 Å². The Kier molecular flexibility index (Phi) is 3.59. The molecule has 3 heteroatoms. The third-order valence-corrected chi connectivity index (χ3v) is 7.66. The highest BCUT2D eigenvalue weighted by molar-refractivity contribution is 9.10. The van der Waals surface area contributed by atoms with E-state index in [1.807, 2.05) is 0 Å². The third kappa shape index (κ3) is 1.93. The highest BCUT2D eigenvalue weighted by Gasteiger charge is 2.61. The Hall–Kier alpha value is -0.0500. The predicted molar refractivity (Wildman–Crippen MR) is 76.9 cm³/mol. The van der Waals surface area contributed by atoms with Gasteiger partial charge in [-0.25, -0.2) is 0 Å². The quantitative estimate of drug-likeness (QED) is 0.784. The Morgan fingerprint density at radius 3 is 2.44 bits per heavy atom. The number of alkyl halides is 1. The van der Waals surface area contributed by atoms with Crippen LogP contribution in [0.1, 0.15) is 53.4 Å². The van der Waals surface area contributed by atoms with Crippen molar-refractivity contribution in [2.24, 2.45) is 28.6 Å². The van der Waals surface area contributed by atoms with Crippen LogP contribution in [0.2, 0.25) is 0 Å². The van der Waals surface area contributed by atoms with E-state index in [2.05, 4.69) is 43.6 Å². The summed E-state index contributed by atoms with van der Waals surface area (Å²) in [5, 5.41) is 9.08. The molecule has 104 valence electrons. The van der Waals surface area contributed by atoms with Crippen molar-refractivity contribution in [3.8, 4) is 0 Å². The Morgan fingerprint density at radius 1 is 1.44 bits per heavy atom. The molecule has 0 spiro atoms. The highest BCUT2D eigenvalue weighted by atomic mass is 79.9. The van der Waals surface area contributed by atoms with E-state index in [1.165, 1.54) is 19.3 Å². The summed E-state index contributed by atoms with van der Waals surface area (Å²) in [5.41, 5.74) is 0.847. The van der Waals surface area contributed by atoms with Gasteiger partial charge >= 0.3 is 5.97 Å². The van der Waals surface area contributed by atoms with Gasteiger partial charge < -0.3 is 5.11 Å². The Bertz CT molecular complexity index is 352. The zero-order valence-electron chi connectivity index (χ0n) is 11.9. The molecule has 0 heterocycles. The van der Waals surface area contributed by atoms with Crippen LogP contribution in [0.15, 0.2) is 0 Å². The molecule has 0 amide bonds. The first-order valence-electron chi connectivity index (χ1n) is 7.07. The molecule has 0 aliphatic heterocycles. The van der Waals surface area contributed by atoms with Crippen LogP contribution in [0.25, 0.3) is 0 Å². The lowest BCUT2D eigenvalue weighted by Crippen LogP contribution is -2.34. The van der Waals surface area contributed by atoms with E-state index < -0.39 is 10.8 Å². The van der Waals surface area contributed by atoms with Crippen LogP contribution >= 0.6 is 15.9 Å². The second-order valence-corrected chi connectivity index (χ2v) is 8.25. The first kappa shape index (κ1) is 14.4. The maximum Gasteiger partial charge on any atom is 0.317 e. The van der Waals surface area contributed by atoms with Gasteiger partial charge in [-0.2, -0.15) is 0 Å². The smallest absolute Gasteiger partial charge is 0.317 e. The SMILES string of the molecule is CC(CC1CC2CCC1(C)C2(C)C)C(Br)C(=O)O. The lowest BCUT2D eigenvalue weighted by atomic mass is 9.65. The first-order chi connectivity index (χ1) is 8.20. The average molecular weight is 317 g/mol. The minimum Gasteiger partial charge on any atom is -0.480 e. The van der Waals surface area contributed by atoms with E-state index in [9.17, 15) is 4.79 Å². The molecule has 2 rings (SSSR count). The van der Waals surface area contributed by atoms with Gasteiger partial charge in [-0.3, -0.25) is 4.79 Å². The fourth-order valence-corrected chi connectivity index (χ4v) is 4.75. The molecule has 5 atom stereocenters. The van der Waals surface area contributed by atoms with Gasteiger partial charge in [-0.05, 0) is 54.3 Å². The molecule has 2 saturated carbocycles. The predicted octanol–water partition coefficient (Wildman–Crippen LogP) is 4.32. The normalized spacial score (nSPS) is 40.7. The number of carboxylic acid groups (broad SMARTS) is 1. The standard InChI is InChI=1S/C15H25BrO2/c1-9(12(16)13(17)18)7-11-8-10-5-6-15(11,4)14(10,2)3/h9-12H,5-8H2,1-4H3,(H,17,18). The fraction of sp³-hybridized carbons (Fsp3) is 0.933. The van der Waals surface area contributed by atoms with Gasteiger partial charge in [-0.15, -0.1) is 0 Å². The molecule has 0 aromatic carbocycles. The molecular formula is C15H25BrO2. The molecular weight excluding hydrogens is 292 g/mol. The average Bonchev–Trinajstić information content (AvgIpc) is 2.60. The molecule has 0 saturated heterocycles. The van der Waals surface area contributed by atoms with Gasteiger partial charge in [0.2, 0.25) is 0 Å². The molecule has 0 aromatic heterocycles. The molecule has 1 N–H and O–H groups in total. The van der Waals surface area contributed by atoms with Gasteiger partial charge in [0.25, 0.3) is 0 Å². The summed E-state index contributed by atoms with van der Waals surface area (Å²) in [6.07, 6.45) is 5.03. The molecule has 2 fully saturated rings. The molecule has 0 aromatic rings. The summed E-state index contributed by atoms with van der Waals surface area (Å²) in [6.45, 7) is 9.33. The van der Waals surface area contributed by atoms with Crippen molar-refractivity contribution in [1.29, 1.82) is 0 Å². The monoisotopic (exact) mass is 316 g/mol. The molecule has 5 unspecified atom stereocenters. The number of carbonyl (C=O) groups is 1. The summed E-state index contributed by atoms with van der Waals surface area (Å²) < 4.78 is 0. The van der Waals surface area contributed by atoms with Crippen LogP contribution in [-0.2, 0) is 4.79 Å². The second kappa shape index (κ2) is 4.50. The largest absolute Gasteiger partial charge is 0.480 e. The summed E-state index contributed by atoms with van der Waals surface area (Å²) in [5.74, 6) is 1.02. The lowest BCUT2D eigenvalue weighted by Gasteiger charge is -2.40. The summed E-state index contributed by atoms with van der Waals surface area (Å²) in [6, 6.07) is 0. The molecule has 0 radical (unpaired) electrons. The van der Waals surface area contributed by atoms with Gasteiger partial charge in [0, 0.05) is 0 Å². The topological polar surface area (TPSA) is 37.3 Å². The third-order valence-electron chi connectivity index (χ3n) is 6.37. The van der Waals surface area contributed by atoms with E-state index >= 15 is 0 Å². The Labute approximate surface area is 119 Å². The van der Waals surface area contributed by atoms with E-state index in [1.54, 1.807) is 0 Å². The summed E-state index contributed by atoms with van der Waals surface area (Å²) in [4.78, 5) is 10.6. The maximum atomic E-state index is 11.0. The number of aliphatic carboxylic acids is 1. The first-order valence-corrected chi connectivity index (χ1v) is 7.98. The summed E-state index contributed by atoms with van der Waals surface area (Å²) >= 11 is 3.31. The number of fused-ring (bicyclic) bond motifs is 2. The fourth-order valence-electron chi connectivity index (χ4n) is 4.54. The van der Waals surface area contributed by atoms with E-state index in [0.29, 0.717) is 16.7 Å². The Morgan fingerprint density at radius 2 is 2.06 bits per heavy atom. The van der Waals surface area contributed by atoms with E-state index in [4.69, 9.17) is 5.11 Å². The summed E-state index contributed by atoms with van der Waals surface area (Å²) in [7, 11) is 0. The van der Waals surface area contributed by atoms with Gasteiger partial charge in [0.05, 0.1) is 0 Å². The van der Waals surface area contributed by atoms with Gasteiger partial charge in [0.1, 0.15) is 4.83 Å². The highest BCUT2D eigenvalue weighted by Crippen LogP contribution is 2.69. The second-order valence-electron chi connectivity index (χ2n) is 7.26. The zero-order chi connectivity index (χ0) is 13.7. The number of halogens is 1. The molecule has 2 aliphatic rings. The van der Waals surface area contributed by atoms with Crippen molar-refractivity contribution < 1.29 is 9.90 Å². The number of carboxylic acids is 1. The van der Waals surface area contributed by atoms with Crippen molar-refractivity contribution in [3.63, 3.8) is 0 Å². The maximum absolute atomic E-state index is 11.0. The van der Waals surface area contributed by atoms with Crippen molar-refractivity contribution in [3.05, 3.63) is 0 Å². The number of rotatable bonds is 4. The van der Waals surface area contributed by atoms with Crippen LogP contribution in [0.3, 0.4) is 0 Å². The van der Waals surface area contributed by atoms with Crippen LogP contribution in [0.4, 0.5) is 0 Å². The van der Waals surface area contributed by atoms with Gasteiger partial charge in [-0.1, -0.05) is 43.6 Å². The van der Waals surface area contributed by atoms with Crippen LogP contribution in [-0.4, -0.2) is 15.9 Å². The van der Waals surface area contributed by atoms with E-state index in [0.717, 1.165) is 12.3 Å². The van der Waals surface area contributed by atoms with Crippen LogP contribution in [0, 0.1) is 28.6 Å². The van der Waals surface area contributed by atoms with Crippen molar-refractivity contribution in [1.82, 2.24) is 0 Å². The molecule has 2 bridgehead atoms. The molecule has 2 nitrogen and oxygen atoms in total. The van der Waals surface area contributed by atoms with E-state index in [-0.39, 0.29) is 5.92 Å². The zero-order valence-corrected chi connectivity index (χ0v) is 13.5. The van der Waals surface area contributed by atoms with Crippen molar-refractivity contribution >= 4 is 21.9 Å². The van der Waals surface area contributed by atoms with Crippen molar-refractivity contribution in [2.75, 3.05) is 0 Å². The minimum atomic E-state index is -0.727. The number of hydrogen-bond acceptors (Lipinski definition) is 1. The molecule has 2 aliphatic carbocycles. The molecule has 18 heavy (non-hydrogen) atoms. The Balaban J connectivity index is 2.07. The lowest BCUT2D eigenvalue weighted by molar-refractivity contribution is -0.137. The number of hydrogen-bond donors (Lipinski definition) is 1. The van der Waals surface area contributed by atoms with Crippen molar-refractivity contribution in [2.45, 2.75) is 58.2 Å². The minimum absolute atomic E-state index is 0.208.